The standard InChI is InChI=1S/C11H13ClO3/c12-9(11-14-6-7-15-11)10(13)8-4-2-1-3-5-8/h1-5,9-11,13H,6-7H2. The van der Waals surface area contributed by atoms with Crippen LogP contribution >= 0.6 is 11.6 Å². The van der Waals surface area contributed by atoms with Crippen LogP contribution in [-0.4, -0.2) is 30.0 Å². The fourth-order valence-electron chi connectivity index (χ4n) is 1.54. The number of hydrogen-bond acceptors (Lipinski definition) is 3. The third-order valence-corrected chi connectivity index (χ3v) is 2.79. The second kappa shape index (κ2) is 4.94. The molecule has 1 saturated heterocycles. The lowest BCUT2D eigenvalue weighted by Crippen LogP contribution is -2.28. The third-order valence-electron chi connectivity index (χ3n) is 2.35. The molecule has 0 aromatic heterocycles. The van der Waals surface area contributed by atoms with Crippen LogP contribution in [0, 0.1) is 0 Å². The van der Waals surface area contributed by atoms with Crippen molar-refractivity contribution in [3.05, 3.63) is 35.9 Å². The molecule has 15 heavy (non-hydrogen) atoms. The van der Waals surface area contributed by atoms with Gasteiger partial charge < -0.3 is 14.6 Å². The Morgan fingerprint density at radius 1 is 1.20 bits per heavy atom. The Morgan fingerprint density at radius 2 is 1.80 bits per heavy atom. The molecule has 1 fully saturated rings. The average Bonchev–Trinajstić information content (AvgIpc) is 2.82. The van der Waals surface area contributed by atoms with Crippen molar-refractivity contribution < 1.29 is 14.6 Å². The maximum Gasteiger partial charge on any atom is 0.176 e. The molecule has 4 heteroatoms. The molecule has 1 heterocycles. The molecule has 0 aliphatic carbocycles. The molecule has 1 N–H and O–H groups in total. The summed E-state index contributed by atoms with van der Waals surface area (Å²) in [5.74, 6) is 0. The van der Waals surface area contributed by atoms with Crippen LogP contribution in [0.3, 0.4) is 0 Å². The Balaban J connectivity index is 2.03. The summed E-state index contributed by atoms with van der Waals surface area (Å²) < 4.78 is 10.5. The molecule has 2 atom stereocenters. The molecular weight excluding hydrogens is 216 g/mol. The van der Waals surface area contributed by atoms with Crippen molar-refractivity contribution in [3.63, 3.8) is 0 Å². The van der Waals surface area contributed by atoms with E-state index in [1.54, 1.807) is 0 Å². The summed E-state index contributed by atoms with van der Waals surface area (Å²) in [6, 6.07) is 9.27. The zero-order valence-electron chi connectivity index (χ0n) is 8.17. The molecule has 1 aliphatic rings. The van der Waals surface area contributed by atoms with Gasteiger partial charge in [0.15, 0.2) is 6.29 Å². The summed E-state index contributed by atoms with van der Waals surface area (Å²) in [6.07, 6.45) is -1.28. The smallest absolute Gasteiger partial charge is 0.176 e. The normalized spacial score (nSPS) is 21.5. The average molecular weight is 229 g/mol. The number of aliphatic hydroxyl groups is 1. The Kier molecular flexibility index (Phi) is 3.59. The maximum atomic E-state index is 9.96. The Bertz CT molecular complexity index is 298. The van der Waals surface area contributed by atoms with E-state index in [4.69, 9.17) is 21.1 Å². The summed E-state index contributed by atoms with van der Waals surface area (Å²) >= 11 is 6.07. The van der Waals surface area contributed by atoms with E-state index in [1.807, 2.05) is 30.3 Å². The van der Waals surface area contributed by atoms with Gasteiger partial charge in [0.2, 0.25) is 0 Å². The summed E-state index contributed by atoms with van der Waals surface area (Å²) in [6.45, 7) is 1.07. The van der Waals surface area contributed by atoms with Gasteiger partial charge in [-0.1, -0.05) is 30.3 Å². The first-order chi connectivity index (χ1) is 7.29. The van der Waals surface area contributed by atoms with E-state index in [0.717, 1.165) is 5.56 Å². The lowest BCUT2D eigenvalue weighted by molar-refractivity contribution is -0.0666. The molecule has 82 valence electrons. The van der Waals surface area contributed by atoms with Crippen LogP contribution in [0.15, 0.2) is 30.3 Å². The largest absolute Gasteiger partial charge is 0.387 e. The number of rotatable bonds is 3. The second-order valence-electron chi connectivity index (χ2n) is 3.41. The van der Waals surface area contributed by atoms with Gasteiger partial charge in [0.05, 0.1) is 13.2 Å². The predicted molar refractivity (Wildman–Crippen MR) is 56.7 cm³/mol. The lowest BCUT2D eigenvalue weighted by Gasteiger charge is -2.21. The van der Waals surface area contributed by atoms with E-state index >= 15 is 0 Å². The molecule has 2 unspecified atom stereocenters. The maximum absolute atomic E-state index is 9.96. The Hall–Kier alpha value is -0.610. The molecular formula is C11H13ClO3. The van der Waals surface area contributed by atoms with Crippen molar-refractivity contribution in [1.29, 1.82) is 0 Å². The van der Waals surface area contributed by atoms with Gasteiger partial charge in [0.1, 0.15) is 11.5 Å². The van der Waals surface area contributed by atoms with Gasteiger partial charge in [-0.2, -0.15) is 0 Å². The SMILES string of the molecule is OC(c1ccccc1)C(Cl)C1OCCO1. The van der Waals surface area contributed by atoms with Gasteiger partial charge in [-0.25, -0.2) is 0 Å². The van der Waals surface area contributed by atoms with E-state index in [-0.39, 0.29) is 0 Å². The van der Waals surface area contributed by atoms with E-state index < -0.39 is 17.8 Å². The summed E-state index contributed by atoms with van der Waals surface area (Å²) in [5.41, 5.74) is 0.775. The molecule has 1 aromatic carbocycles. The van der Waals surface area contributed by atoms with Crippen LogP contribution in [-0.2, 0) is 9.47 Å². The number of alkyl halides is 1. The van der Waals surface area contributed by atoms with Gasteiger partial charge in [-0.15, -0.1) is 11.6 Å². The zero-order valence-corrected chi connectivity index (χ0v) is 8.93. The Morgan fingerprint density at radius 3 is 2.40 bits per heavy atom. The first-order valence-corrected chi connectivity index (χ1v) is 5.33. The van der Waals surface area contributed by atoms with Crippen LogP contribution in [0.25, 0.3) is 0 Å². The number of halogens is 1. The summed E-state index contributed by atoms with van der Waals surface area (Å²) in [4.78, 5) is 0. The molecule has 0 spiro atoms. The van der Waals surface area contributed by atoms with E-state index in [1.165, 1.54) is 0 Å². The molecule has 2 rings (SSSR count). The minimum atomic E-state index is -0.768. The van der Waals surface area contributed by atoms with Crippen LogP contribution in [0.4, 0.5) is 0 Å². The predicted octanol–water partition coefficient (Wildman–Crippen LogP) is 1.70. The Labute approximate surface area is 93.6 Å². The fourth-order valence-corrected chi connectivity index (χ4v) is 1.83. The molecule has 3 nitrogen and oxygen atoms in total. The van der Waals surface area contributed by atoms with E-state index in [9.17, 15) is 5.11 Å². The molecule has 0 radical (unpaired) electrons. The lowest BCUT2D eigenvalue weighted by atomic mass is 10.1. The van der Waals surface area contributed by atoms with E-state index in [0.29, 0.717) is 13.2 Å². The summed E-state index contributed by atoms with van der Waals surface area (Å²) in [5, 5.41) is 9.38. The van der Waals surface area contributed by atoms with Gasteiger partial charge in [-0.3, -0.25) is 0 Å². The van der Waals surface area contributed by atoms with Gasteiger partial charge in [0.25, 0.3) is 0 Å². The quantitative estimate of drug-likeness (QED) is 0.801. The van der Waals surface area contributed by atoms with Gasteiger partial charge >= 0.3 is 0 Å². The summed E-state index contributed by atoms with van der Waals surface area (Å²) in [7, 11) is 0. The van der Waals surface area contributed by atoms with Crippen LogP contribution in [0.2, 0.25) is 0 Å². The van der Waals surface area contributed by atoms with Crippen molar-refractivity contribution in [2.24, 2.45) is 0 Å². The van der Waals surface area contributed by atoms with E-state index in [2.05, 4.69) is 0 Å². The molecule has 0 bridgehead atoms. The van der Waals surface area contributed by atoms with Gasteiger partial charge in [0, 0.05) is 0 Å². The highest BCUT2D eigenvalue weighted by Gasteiger charge is 2.31. The number of hydrogen-bond donors (Lipinski definition) is 1. The number of benzene rings is 1. The highest BCUT2D eigenvalue weighted by molar-refractivity contribution is 6.21. The van der Waals surface area contributed by atoms with Crippen LogP contribution in [0.1, 0.15) is 11.7 Å². The monoisotopic (exact) mass is 228 g/mol. The van der Waals surface area contributed by atoms with Crippen molar-refractivity contribution in [3.8, 4) is 0 Å². The fraction of sp³-hybridized carbons (Fsp3) is 0.455. The third kappa shape index (κ3) is 2.49. The molecule has 0 amide bonds. The van der Waals surface area contributed by atoms with Crippen molar-refractivity contribution in [1.82, 2.24) is 0 Å². The molecule has 1 aliphatic heterocycles. The van der Waals surface area contributed by atoms with Crippen molar-refractivity contribution in [2.45, 2.75) is 17.8 Å². The van der Waals surface area contributed by atoms with Gasteiger partial charge in [-0.05, 0) is 5.56 Å². The van der Waals surface area contributed by atoms with Crippen molar-refractivity contribution >= 4 is 11.6 Å². The first kappa shape index (κ1) is 10.9. The van der Waals surface area contributed by atoms with Crippen LogP contribution in [0.5, 0.6) is 0 Å². The van der Waals surface area contributed by atoms with Crippen molar-refractivity contribution in [2.75, 3.05) is 13.2 Å². The minimum Gasteiger partial charge on any atom is -0.387 e. The second-order valence-corrected chi connectivity index (χ2v) is 3.91. The number of ether oxygens (including phenoxy) is 2. The topological polar surface area (TPSA) is 38.7 Å². The zero-order chi connectivity index (χ0) is 10.7. The van der Waals surface area contributed by atoms with Crippen LogP contribution < -0.4 is 0 Å². The first-order valence-electron chi connectivity index (χ1n) is 4.89. The highest BCUT2D eigenvalue weighted by Crippen LogP contribution is 2.27. The molecule has 1 aromatic rings. The highest BCUT2D eigenvalue weighted by atomic mass is 35.5. The molecule has 0 saturated carbocycles. The number of aliphatic hydroxyl groups excluding tert-OH is 1. The minimum absolute atomic E-state index is 0.512.